The summed E-state index contributed by atoms with van der Waals surface area (Å²) in [7, 11) is 0. The van der Waals surface area contributed by atoms with Crippen LogP contribution in [0.25, 0.3) is 10.8 Å². The molecule has 0 saturated heterocycles. The summed E-state index contributed by atoms with van der Waals surface area (Å²) in [6.45, 7) is 2.96. The van der Waals surface area contributed by atoms with Crippen LogP contribution in [0, 0.1) is 0 Å². The molecule has 2 aromatic carbocycles. The molecule has 1 atom stereocenters. The van der Waals surface area contributed by atoms with Crippen molar-refractivity contribution in [1.29, 1.82) is 0 Å². The van der Waals surface area contributed by atoms with Crippen molar-refractivity contribution in [2.24, 2.45) is 0 Å². The first kappa shape index (κ1) is 13.6. The topological polar surface area (TPSA) is 54.4 Å². The third-order valence-corrected chi connectivity index (χ3v) is 4.15. The molecule has 0 spiro atoms. The Morgan fingerprint density at radius 1 is 1.11 bits per heavy atom. The molecule has 4 heteroatoms. The van der Waals surface area contributed by atoms with Gasteiger partial charge in [0, 0.05) is 6.92 Å². The molecule has 0 amide bonds. The van der Waals surface area contributed by atoms with E-state index in [4.69, 9.17) is 0 Å². The number of carboxylic acids is 1. The maximum atomic E-state index is 11.6. The van der Waals surface area contributed by atoms with E-state index in [0.29, 0.717) is 5.56 Å². The molecule has 0 fully saturated rings. The van der Waals surface area contributed by atoms with E-state index in [0.717, 1.165) is 22.5 Å². The summed E-state index contributed by atoms with van der Waals surface area (Å²) in [5.41, 5.74) is 0.651. The number of hydrogen-bond donors (Lipinski definition) is 1. The van der Waals surface area contributed by atoms with Gasteiger partial charge in [-0.25, -0.2) is 0 Å². The van der Waals surface area contributed by atoms with Gasteiger partial charge < -0.3 is 5.11 Å². The quantitative estimate of drug-likeness (QED) is 0.931. The van der Waals surface area contributed by atoms with Crippen LogP contribution in [0.4, 0.5) is 0 Å². The summed E-state index contributed by atoms with van der Waals surface area (Å²) >= 11 is 0.839. The van der Waals surface area contributed by atoms with Gasteiger partial charge in [0.05, 0.1) is 0 Å². The highest BCUT2D eigenvalue weighted by Crippen LogP contribution is 2.40. The van der Waals surface area contributed by atoms with Crippen molar-refractivity contribution in [3.63, 3.8) is 0 Å². The van der Waals surface area contributed by atoms with Gasteiger partial charge in [0.15, 0.2) is 5.12 Å². The molecule has 98 valence electrons. The van der Waals surface area contributed by atoms with E-state index in [1.165, 1.54) is 6.92 Å². The van der Waals surface area contributed by atoms with Crippen LogP contribution in [-0.4, -0.2) is 16.2 Å². The number of aliphatic carboxylic acids is 1. The molecule has 0 radical (unpaired) electrons. The predicted octanol–water partition coefficient (Wildman–Crippen LogP) is 3.42. The normalized spacial score (nSPS) is 14.0. The van der Waals surface area contributed by atoms with Gasteiger partial charge in [-0.2, -0.15) is 0 Å². The monoisotopic (exact) mass is 274 g/mol. The molecule has 0 bridgehead atoms. The van der Waals surface area contributed by atoms with Crippen molar-refractivity contribution in [3.05, 3.63) is 48.0 Å². The summed E-state index contributed by atoms with van der Waals surface area (Å²) in [6.07, 6.45) is 0. The smallest absolute Gasteiger partial charge is 0.324 e. The zero-order chi connectivity index (χ0) is 14.0. The van der Waals surface area contributed by atoms with E-state index < -0.39 is 10.7 Å². The summed E-state index contributed by atoms with van der Waals surface area (Å²) in [5, 5.41) is 11.1. The van der Waals surface area contributed by atoms with Gasteiger partial charge in [0.25, 0.3) is 0 Å². The summed E-state index contributed by atoms with van der Waals surface area (Å²) in [6, 6.07) is 13.1. The van der Waals surface area contributed by atoms with Gasteiger partial charge in [-0.1, -0.05) is 54.2 Å². The first-order valence-corrected chi connectivity index (χ1v) is 6.68. The molecule has 1 N–H and O–H groups in total. The van der Waals surface area contributed by atoms with E-state index in [-0.39, 0.29) is 5.12 Å². The van der Waals surface area contributed by atoms with Crippen LogP contribution < -0.4 is 0 Å². The number of rotatable bonds is 3. The van der Waals surface area contributed by atoms with Gasteiger partial charge in [-0.05, 0) is 23.3 Å². The molecule has 0 heterocycles. The Kier molecular flexibility index (Phi) is 3.62. The van der Waals surface area contributed by atoms with Crippen LogP contribution in [0.1, 0.15) is 19.4 Å². The molecular formula is C15H14O3S. The van der Waals surface area contributed by atoms with Crippen LogP contribution in [0.2, 0.25) is 0 Å². The highest BCUT2D eigenvalue weighted by atomic mass is 32.2. The minimum atomic E-state index is -1.27. The summed E-state index contributed by atoms with van der Waals surface area (Å²) in [5.74, 6) is -1.01. The second kappa shape index (κ2) is 5.05. The van der Waals surface area contributed by atoms with Gasteiger partial charge in [0.2, 0.25) is 0 Å². The zero-order valence-electron chi connectivity index (χ0n) is 10.7. The first-order chi connectivity index (χ1) is 8.95. The van der Waals surface area contributed by atoms with Crippen molar-refractivity contribution in [2.45, 2.75) is 18.6 Å². The van der Waals surface area contributed by atoms with E-state index in [2.05, 4.69) is 0 Å². The fourth-order valence-corrected chi connectivity index (χ4v) is 3.09. The van der Waals surface area contributed by atoms with Crippen LogP contribution in [0.5, 0.6) is 0 Å². The van der Waals surface area contributed by atoms with E-state index >= 15 is 0 Å². The molecule has 0 saturated carbocycles. The lowest BCUT2D eigenvalue weighted by molar-refractivity contribution is -0.139. The standard InChI is InChI=1S/C15H14O3S/c1-10(16)19-15(2,14(17)18)13-9-5-7-11-6-3-4-8-12(11)13/h3-9H,1-2H3,(H,17,18). The van der Waals surface area contributed by atoms with Crippen LogP contribution in [0.3, 0.4) is 0 Å². The lowest BCUT2D eigenvalue weighted by atomic mass is 9.94. The molecule has 1 unspecified atom stereocenters. The molecule has 0 aliphatic heterocycles. The Morgan fingerprint density at radius 3 is 2.37 bits per heavy atom. The Hall–Kier alpha value is -1.81. The van der Waals surface area contributed by atoms with Gasteiger partial charge >= 0.3 is 5.97 Å². The highest BCUT2D eigenvalue weighted by Gasteiger charge is 2.38. The predicted molar refractivity (Wildman–Crippen MR) is 77.2 cm³/mol. The molecular weight excluding hydrogens is 260 g/mol. The Balaban J connectivity index is 2.69. The molecule has 2 aromatic rings. The molecule has 3 nitrogen and oxygen atoms in total. The van der Waals surface area contributed by atoms with E-state index in [9.17, 15) is 14.7 Å². The number of carbonyl (C=O) groups excluding carboxylic acids is 1. The third-order valence-electron chi connectivity index (χ3n) is 3.06. The van der Waals surface area contributed by atoms with Crippen LogP contribution >= 0.6 is 11.8 Å². The number of carbonyl (C=O) groups is 2. The van der Waals surface area contributed by atoms with E-state index in [1.54, 1.807) is 13.0 Å². The Labute approximate surface area is 115 Å². The van der Waals surface area contributed by atoms with Gasteiger partial charge in [0.1, 0.15) is 4.75 Å². The second-order valence-corrected chi connectivity index (χ2v) is 6.05. The van der Waals surface area contributed by atoms with Gasteiger partial charge in [-0.3, -0.25) is 9.59 Å². The van der Waals surface area contributed by atoms with Crippen molar-refractivity contribution in [3.8, 4) is 0 Å². The Morgan fingerprint density at radius 2 is 1.74 bits per heavy atom. The maximum absolute atomic E-state index is 11.6. The second-order valence-electron chi connectivity index (χ2n) is 4.46. The molecule has 2 rings (SSSR count). The Bertz CT molecular complexity index is 645. The average Bonchev–Trinajstić information content (AvgIpc) is 2.37. The lowest BCUT2D eigenvalue weighted by Crippen LogP contribution is -2.30. The third kappa shape index (κ3) is 2.49. The fourth-order valence-electron chi connectivity index (χ4n) is 2.14. The van der Waals surface area contributed by atoms with Crippen molar-refractivity contribution < 1.29 is 14.7 Å². The van der Waals surface area contributed by atoms with Crippen molar-refractivity contribution in [1.82, 2.24) is 0 Å². The zero-order valence-corrected chi connectivity index (χ0v) is 11.5. The minimum Gasteiger partial charge on any atom is -0.480 e. The largest absolute Gasteiger partial charge is 0.480 e. The minimum absolute atomic E-state index is 0.210. The van der Waals surface area contributed by atoms with Crippen molar-refractivity contribution in [2.75, 3.05) is 0 Å². The number of benzene rings is 2. The SMILES string of the molecule is CC(=O)SC(C)(C(=O)O)c1cccc2ccccc12. The van der Waals surface area contributed by atoms with Crippen LogP contribution in [0.15, 0.2) is 42.5 Å². The van der Waals surface area contributed by atoms with Crippen molar-refractivity contribution >= 4 is 33.6 Å². The molecule has 0 aliphatic carbocycles. The number of fused-ring (bicyclic) bond motifs is 1. The fraction of sp³-hybridized carbons (Fsp3) is 0.200. The summed E-state index contributed by atoms with van der Waals surface area (Å²) < 4.78 is -1.27. The molecule has 0 aromatic heterocycles. The molecule has 0 aliphatic rings. The maximum Gasteiger partial charge on any atom is 0.324 e. The first-order valence-electron chi connectivity index (χ1n) is 5.86. The van der Waals surface area contributed by atoms with E-state index in [1.807, 2.05) is 36.4 Å². The number of thioether (sulfide) groups is 1. The number of carboxylic acid groups (broad SMARTS) is 1. The lowest BCUT2D eigenvalue weighted by Gasteiger charge is -2.24. The number of hydrogen-bond acceptors (Lipinski definition) is 3. The highest BCUT2D eigenvalue weighted by molar-refractivity contribution is 8.14. The van der Waals surface area contributed by atoms with Gasteiger partial charge in [-0.15, -0.1) is 0 Å². The summed E-state index contributed by atoms with van der Waals surface area (Å²) in [4.78, 5) is 23.0. The van der Waals surface area contributed by atoms with Crippen LogP contribution in [-0.2, 0) is 14.3 Å². The average molecular weight is 274 g/mol. The molecule has 19 heavy (non-hydrogen) atoms.